The Kier molecular flexibility index (Phi) is 3.82. The van der Waals surface area contributed by atoms with Gasteiger partial charge in [-0.15, -0.1) is 5.10 Å². The SMILES string of the molecule is CCC1C[C@H](C(=O)Nc2nnc(C)o2)[C@H](C(=O)O)C1. The Bertz CT molecular complexity index is 485. The fraction of sp³-hybridized carbons (Fsp3) is 0.667. The van der Waals surface area contributed by atoms with Crippen LogP contribution >= 0.6 is 0 Å². The topological polar surface area (TPSA) is 105 Å². The molecule has 0 spiro atoms. The van der Waals surface area contributed by atoms with Gasteiger partial charge in [0.25, 0.3) is 0 Å². The van der Waals surface area contributed by atoms with Gasteiger partial charge in [-0.05, 0) is 18.8 Å². The van der Waals surface area contributed by atoms with Crippen LogP contribution in [0.3, 0.4) is 0 Å². The van der Waals surface area contributed by atoms with Crippen LogP contribution in [0.15, 0.2) is 4.42 Å². The van der Waals surface area contributed by atoms with Crippen LogP contribution in [0.2, 0.25) is 0 Å². The smallest absolute Gasteiger partial charge is 0.322 e. The summed E-state index contributed by atoms with van der Waals surface area (Å²) >= 11 is 0. The number of nitrogens with one attached hydrogen (secondary N) is 1. The molecule has 104 valence electrons. The van der Waals surface area contributed by atoms with Crippen molar-refractivity contribution < 1.29 is 19.1 Å². The van der Waals surface area contributed by atoms with E-state index < -0.39 is 17.8 Å². The molecule has 1 aromatic heterocycles. The lowest BCUT2D eigenvalue weighted by atomic mass is 9.95. The van der Waals surface area contributed by atoms with Crippen molar-refractivity contribution in [3.63, 3.8) is 0 Å². The van der Waals surface area contributed by atoms with Gasteiger partial charge in [0.15, 0.2) is 0 Å². The van der Waals surface area contributed by atoms with Crippen molar-refractivity contribution in [2.45, 2.75) is 33.1 Å². The van der Waals surface area contributed by atoms with E-state index >= 15 is 0 Å². The molecule has 0 aliphatic heterocycles. The third kappa shape index (κ3) is 2.91. The number of aliphatic carboxylic acids is 1. The zero-order valence-corrected chi connectivity index (χ0v) is 10.9. The van der Waals surface area contributed by atoms with Crippen LogP contribution in [-0.4, -0.2) is 27.2 Å². The number of hydrogen-bond acceptors (Lipinski definition) is 5. The minimum absolute atomic E-state index is 0.0200. The Morgan fingerprint density at radius 2 is 2.05 bits per heavy atom. The van der Waals surface area contributed by atoms with Crippen molar-refractivity contribution in [3.8, 4) is 0 Å². The summed E-state index contributed by atoms with van der Waals surface area (Å²) < 4.78 is 5.06. The molecule has 1 aromatic rings. The van der Waals surface area contributed by atoms with Crippen LogP contribution in [0.25, 0.3) is 0 Å². The van der Waals surface area contributed by atoms with Crippen molar-refractivity contribution in [1.29, 1.82) is 0 Å². The molecular formula is C12H17N3O4. The highest BCUT2D eigenvalue weighted by Gasteiger charge is 2.42. The van der Waals surface area contributed by atoms with Crippen LogP contribution in [0.1, 0.15) is 32.1 Å². The lowest BCUT2D eigenvalue weighted by Gasteiger charge is -2.13. The molecule has 1 amide bonds. The van der Waals surface area contributed by atoms with Crippen molar-refractivity contribution >= 4 is 17.9 Å². The van der Waals surface area contributed by atoms with E-state index in [1.807, 2.05) is 6.92 Å². The molecular weight excluding hydrogens is 250 g/mol. The van der Waals surface area contributed by atoms with Gasteiger partial charge in [0.1, 0.15) is 0 Å². The van der Waals surface area contributed by atoms with Crippen LogP contribution < -0.4 is 5.32 Å². The third-order valence-corrected chi connectivity index (χ3v) is 3.65. The van der Waals surface area contributed by atoms with Crippen LogP contribution in [0, 0.1) is 24.7 Å². The molecule has 19 heavy (non-hydrogen) atoms. The van der Waals surface area contributed by atoms with Gasteiger partial charge in [-0.1, -0.05) is 18.4 Å². The summed E-state index contributed by atoms with van der Waals surface area (Å²) in [5.74, 6) is -1.81. The summed E-state index contributed by atoms with van der Waals surface area (Å²) in [5, 5.41) is 19.0. The van der Waals surface area contributed by atoms with E-state index in [1.54, 1.807) is 6.92 Å². The maximum Gasteiger partial charge on any atom is 0.322 e. The second-order valence-electron chi connectivity index (χ2n) is 4.91. The van der Waals surface area contributed by atoms with E-state index in [4.69, 9.17) is 4.42 Å². The number of nitrogens with zero attached hydrogens (tertiary/aromatic N) is 2. The average molecular weight is 267 g/mol. The number of carboxylic acids is 1. The minimum atomic E-state index is -0.919. The molecule has 1 unspecified atom stereocenters. The molecule has 1 fully saturated rings. The Morgan fingerprint density at radius 1 is 1.37 bits per heavy atom. The number of hydrogen-bond donors (Lipinski definition) is 2. The molecule has 1 saturated carbocycles. The van der Waals surface area contributed by atoms with E-state index in [2.05, 4.69) is 15.5 Å². The monoisotopic (exact) mass is 267 g/mol. The predicted molar refractivity (Wildman–Crippen MR) is 65.3 cm³/mol. The normalized spacial score (nSPS) is 26.3. The lowest BCUT2D eigenvalue weighted by molar-refractivity contribution is -0.145. The van der Waals surface area contributed by atoms with E-state index in [0.717, 1.165) is 6.42 Å². The number of carboxylic acid groups (broad SMARTS) is 1. The van der Waals surface area contributed by atoms with Crippen molar-refractivity contribution in [3.05, 3.63) is 5.89 Å². The number of carbonyl (C=O) groups excluding carboxylic acids is 1. The summed E-state index contributed by atoms with van der Waals surface area (Å²) in [5.41, 5.74) is 0. The van der Waals surface area contributed by atoms with E-state index in [-0.39, 0.29) is 17.8 Å². The van der Waals surface area contributed by atoms with Crippen molar-refractivity contribution in [2.24, 2.45) is 17.8 Å². The Hall–Kier alpha value is -1.92. The fourth-order valence-electron chi connectivity index (χ4n) is 2.58. The standard InChI is InChI=1S/C12H17N3O4/c1-3-7-4-8(9(5-7)11(17)18)10(16)13-12-15-14-6(2)19-12/h7-9H,3-5H2,1-2H3,(H,17,18)(H,13,15,16)/t7?,8-,9+/m0/s1. The maximum absolute atomic E-state index is 12.1. The number of carbonyl (C=O) groups is 2. The van der Waals surface area contributed by atoms with Crippen LogP contribution in [-0.2, 0) is 9.59 Å². The van der Waals surface area contributed by atoms with Crippen LogP contribution in [0.4, 0.5) is 6.01 Å². The first-order valence-corrected chi connectivity index (χ1v) is 6.35. The number of aryl methyl sites for hydroxylation is 1. The number of amides is 1. The first-order valence-electron chi connectivity index (χ1n) is 6.35. The number of rotatable bonds is 4. The second kappa shape index (κ2) is 5.38. The molecule has 0 saturated heterocycles. The van der Waals surface area contributed by atoms with E-state index in [1.165, 1.54) is 0 Å². The van der Waals surface area contributed by atoms with Crippen molar-refractivity contribution in [2.75, 3.05) is 5.32 Å². The molecule has 0 bridgehead atoms. The van der Waals surface area contributed by atoms with Gasteiger partial charge in [0.2, 0.25) is 11.8 Å². The summed E-state index contributed by atoms with van der Waals surface area (Å²) in [7, 11) is 0. The molecule has 2 rings (SSSR count). The Labute approximate surface area is 110 Å². The summed E-state index contributed by atoms with van der Waals surface area (Å²) in [6.45, 7) is 3.62. The van der Waals surface area contributed by atoms with Crippen LogP contribution in [0.5, 0.6) is 0 Å². The second-order valence-corrected chi connectivity index (χ2v) is 4.91. The molecule has 7 nitrogen and oxygen atoms in total. The van der Waals surface area contributed by atoms with Gasteiger partial charge in [-0.3, -0.25) is 14.9 Å². The maximum atomic E-state index is 12.1. The molecule has 2 N–H and O–H groups in total. The van der Waals surface area contributed by atoms with E-state index in [9.17, 15) is 14.7 Å². The number of anilines is 1. The summed E-state index contributed by atoms with van der Waals surface area (Å²) in [6, 6.07) is 0.0200. The average Bonchev–Trinajstić information content (AvgIpc) is 2.95. The van der Waals surface area contributed by atoms with Gasteiger partial charge in [-0.2, -0.15) is 0 Å². The van der Waals surface area contributed by atoms with Gasteiger partial charge in [0.05, 0.1) is 11.8 Å². The largest absolute Gasteiger partial charge is 0.481 e. The minimum Gasteiger partial charge on any atom is -0.481 e. The highest BCUT2D eigenvalue weighted by molar-refractivity contribution is 5.93. The predicted octanol–water partition coefficient (Wildman–Crippen LogP) is 1.45. The molecule has 0 aromatic carbocycles. The fourth-order valence-corrected chi connectivity index (χ4v) is 2.58. The number of aromatic nitrogens is 2. The van der Waals surface area contributed by atoms with Gasteiger partial charge in [-0.25, -0.2) is 0 Å². The molecule has 7 heteroatoms. The molecule has 3 atom stereocenters. The van der Waals surface area contributed by atoms with Crippen molar-refractivity contribution in [1.82, 2.24) is 10.2 Å². The Balaban J connectivity index is 2.06. The summed E-state index contributed by atoms with van der Waals surface area (Å²) in [6.07, 6.45) is 2.02. The zero-order chi connectivity index (χ0) is 14.0. The molecule has 1 heterocycles. The lowest BCUT2D eigenvalue weighted by Crippen LogP contribution is -2.30. The van der Waals surface area contributed by atoms with Gasteiger partial charge in [0, 0.05) is 6.92 Å². The molecule has 1 aliphatic carbocycles. The molecule has 0 radical (unpaired) electrons. The van der Waals surface area contributed by atoms with Gasteiger partial charge < -0.3 is 9.52 Å². The van der Waals surface area contributed by atoms with Gasteiger partial charge >= 0.3 is 12.0 Å². The first-order chi connectivity index (χ1) is 9.01. The highest BCUT2D eigenvalue weighted by atomic mass is 16.4. The quantitative estimate of drug-likeness (QED) is 0.855. The summed E-state index contributed by atoms with van der Waals surface area (Å²) in [4.78, 5) is 23.3. The third-order valence-electron chi connectivity index (χ3n) is 3.65. The highest BCUT2D eigenvalue weighted by Crippen LogP contribution is 2.38. The molecule has 1 aliphatic rings. The Morgan fingerprint density at radius 3 is 2.58 bits per heavy atom. The zero-order valence-electron chi connectivity index (χ0n) is 10.9. The van der Waals surface area contributed by atoms with E-state index in [0.29, 0.717) is 18.7 Å². The first kappa shape index (κ1) is 13.5.